The topological polar surface area (TPSA) is 47.1 Å². The lowest BCUT2D eigenvalue weighted by Gasteiger charge is -2.25. The Labute approximate surface area is 124 Å². The third-order valence-electron chi connectivity index (χ3n) is 4.23. The van der Waals surface area contributed by atoms with Crippen LogP contribution >= 0.6 is 11.6 Å². The molecule has 5 heteroatoms. The van der Waals surface area contributed by atoms with Gasteiger partial charge in [0.05, 0.1) is 16.1 Å². The van der Waals surface area contributed by atoms with Crippen molar-refractivity contribution in [2.24, 2.45) is 0 Å². The number of fused-ring (bicyclic) bond motifs is 1. The largest absolute Gasteiger partial charge is 0.369 e. The number of halogens is 1. The smallest absolute Gasteiger partial charge is 0.201 e. The summed E-state index contributed by atoms with van der Waals surface area (Å²) in [6.45, 7) is 5.49. The lowest BCUT2D eigenvalue weighted by molar-refractivity contribution is 0.264. The molecular weight excluding hydrogens is 272 g/mol. The first-order valence-electron chi connectivity index (χ1n) is 7.35. The van der Waals surface area contributed by atoms with Gasteiger partial charge in [-0.2, -0.15) is 0 Å². The monoisotopic (exact) mass is 292 g/mol. The van der Waals surface area contributed by atoms with E-state index in [0.29, 0.717) is 12.0 Å². The molecule has 3 rings (SSSR count). The van der Waals surface area contributed by atoms with Gasteiger partial charge in [-0.15, -0.1) is 0 Å². The number of rotatable bonds is 2. The average molecular weight is 293 g/mol. The van der Waals surface area contributed by atoms with E-state index in [9.17, 15) is 0 Å². The Morgan fingerprint density at radius 2 is 2.25 bits per heavy atom. The van der Waals surface area contributed by atoms with Crippen molar-refractivity contribution >= 4 is 28.6 Å². The Bertz CT molecular complexity index is 607. The second-order valence-electron chi connectivity index (χ2n) is 5.49. The first kappa shape index (κ1) is 13.7. The van der Waals surface area contributed by atoms with Gasteiger partial charge in [0, 0.05) is 12.6 Å². The molecular formula is C15H21ClN4. The molecule has 20 heavy (non-hydrogen) atoms. The summed E-state index contributed by atoms with van der Waals surface area (Å²) < 4.78 is 2.14. The van der Waals surface area contributed by atoms with Crippen LogP contribution in [-0.2, 0) is 0 Å². The standard InChI is InChI=1S/C15H21ClN4/c1-2-19-9-4-3-6-11(10-19)20-14-12(16)7-5-8-13(14)18-15(20)17/h5,7-8,11H,2-4,6,9-10H2,1H3,(H2,17,18)/t11-/m0/s1. The van der Waals surface area contributed by atoms with Gasteiger partial charge in [0.2, 0.25) is 5.95 Å². The predicted molar refractivity (Wildman–Crippen MR) is 84.2 cm³/mol. The van der Waals surface area contributed by atoms with E-state index in [1.807, 2.05) is 18.2 Å². The molecule has 0 unspecified atom stereocenters. The molecule has 1 saturated heterocycles. The fourth-order valence-corrected chi connectivity index (χ4v) is 3.45. The van der Waals surface area contributed by atoms with Crippen LogP contribution in [0.2, 0.25) is 5.02 Å². The van der Waals surface area contributed by atoms with Gasteiger partial charge in [-0.3, -0.25) is 0 Å². The molecule has 2 heterocycles. The van der Waals surface area contributed by atoms with Crippen LogP contribution in [0.1, 0.15) is 32.2 Å². The zero-order valence-electron chi connectivity index (χ0n) is 11.8. The minimum Gasteiger partial charge on any atom is -0.369 e. The van der Waals surface area contributed by atoms with Crippen LogP contribution in [-0.4, -0.2) is 34.1 Å². The van der Waals surface area contributed by atoms with E-state index >= 15 is 0 Å². The van der Waals surface area contributed by atoms with Crippen LogP contribution in [0, 0.1) is 0 Å². The van der Waals surface area contributed by atoms with Crippen molar-refractivity contribution in [3.05, 3.63) is 23.2 Å². The van der Waals surface area contributed by atoms with Gasteiger partial charge in [0.1, 0.15) is 0 Å². The van der Waals surface area contributed by atoms with Crippen molar-refractivity contribution in [3.8, 4) is 0 Å². The summed E-state index contributed by atoms with van der Waals surface area (Å²) in [7, 11) is 0. The fourth-order valence-electron chi connectivity index (χ4n) is 3.19. The number of likely N-dealkylation sites (N-methyl/N-ethyl adjacent to an activating group) is 1. The minimum atomic E-state index is 0.363. The Balaban J connectivity index is 2.06. The number of para-hydroxylation sites is 1. The third kappa shape index (κ3) is 2.38. The molecule has 0 spiro atoms. The Hall–Kier alpha value is -1.26. The number of nitrogens with two attached hydrogens (primary N) is 1. The van der Waals surface area contributed by atoms with Crippen LogP contribution in [0.4, 0.5) is 5.95 Å². The van der Waals surface area contributed by atoms with Crippen LogP contribution in [0.15, 0.2) is 18.2 Å². The molecule has 1 atom stereocenters. The molecule has 1 aromatic carbocycles. The predicted octanol–water partition coefficient (Wildman–Crippen LogP) is 3.32. The maximum absolute atomic E-state index is 6.38. The van der Waals surface area contributed by atoms with Crippen LogP contribution in [0.3, 0.4) is 0 Å². The van der Waals surface area contributed by atoms with E-state index in [2.05, 4.69) is 21.4 Å². The van der Waals surface area contributed by atoms with Gasteiger partial charge >= 0.3 is 0 Å². The average Bonchev–Trinajstić information content (AvgIpc) is 2.63. The molecule has 2 N–H and O–H groups in total. The summed E-state index contributed by atoms with van der Waals surface area (Å²) in [4.78, 5) is 6.95. The zero-order chi connectivity index (χ0) is 14.1. The van der Waals surface area contributed by atoms with E-state index in [-0.39, 0.29) is 0 Å². The molecule has 2 aromatic rings. The Morgan fingerprint density at radius 1 is 1.40 bits per heavy atom. The van der Waals surface area contributed by atoms with Gasteiger partial charge < -0.3 is 15.2 Å². The number of anilines is 1. The molecule has 0 amide bonds. The highest BCUT2D eigenvalue weighted by Gasteiger charge is 2.23. The maximum atomic E-state index is 6.38. The molecule has 4 nitrogen and oxygen atoms in total. The molecule has 1 aliphatic heterocycles. The van der Waals surface area contributed by atoms with Crippen molar-refractivity contribution in [1.82, 2.24) is 14.5 Å². The Morgan fingerprint density at radius 3 is 3.05 bits per heavy atom. The molecule has 1 aliphatic rings. The quantitative estimate of drug-likeness (QED) is 0.924. The van der Waals surface area contributed by atoms with Crippen LogP contribution in [0.25, 0.3) is 11.0 Å². The highest BCUT2D eigenvalue weighted by atomic mass is 35.5. The number of nitrogen functional groups attached to an aromatic ring is 1. The highest BCUT2D eigenvalue weighted by Crippen LogP contribution is 2.32. The summed E-state index contributed by atoms with van der Waals surface area (Å²) in [5, 5.41) is 0.735. The van der Waals surface area contributed by atoms with E-state index in [1.54, 1.807) is 0 Å². The summed E-state index contributed by atoms with van der Waals surface area (Å²) in [6, 6.07) is 6.17. The summed E-state index contributed by atoms with van der Waals surface area (Å²) in [5.74, 6) is 0.580. The van der Waals surface area contributed by atoms with Crippen molar-refractivity contribution in [3.63, 3.8) is 0 Å². The van der Waals surface area contributed by atoms with Crippen molar-refractivity contribution in [2.75, 3.05) is 25.4 Å². The maximum Gasteiger partial charge on any atom is 0.201 e. The highest BCUT2D eigenvalue weighted by molar-refractivity contribution is 6.35. The zero-order valence-corrected chi connectivity index (χ0v) is 12.6. The minimum absolute atomic E-state index is 0.363. The number of hydrogen-bond donors (Lipinski definition) is 1. The summed E-state index contributed by atoms with van der Waals surface area (Å²) in [6.07, 6.45) is 3.62. The summed E-state index contributed by atoms with van der Waals surface area (Å²) >= 11 is 6.38. The molecule has 1 aromatic heterocycles. The molecule has 0 aliphatic carbocycles. The van der Waals surface area contributed by atoms with Gasteiger partial charge in [-0.1, -0.05) is 31.0 Å². The van der Waals surface area contributed by atoms with E-state index < -0.39 is 0 Å². The number of nitrogens with zero attached hydrogens (tertiary/aromatic N) is 3. The first-order valence-corrected chi connectivity index (χ1v) is 7.72. The van der Waals surface area contributed by atoms with Crippen LogP contribution in [0.5, 0.6) is 0 Å². The third-order valence-corrected chi connectivity index (χ3v) is 4.54. The van der Waals surface area contributed by atoms with E-state index in [4.69, 9.17) is 17.3 Å². The first-order chi connectivity index (χ1) is 9.70. The second-order valence-corrected chi connectivity index (χ2v) is 5.90. The van der Waals surface area contributed by atoms with Gasteiger partial charge in [-0.25, -0.2) is 4.98 Å². The SMILES string of the molecule is CCN1CCCC[C@H](n2c(N)nc3cccc(Cl)c32)C1. The van der Waals surface area contributed by atoms with Crippen molar-refractivity contribution in [1.29, 1.82) is 0 Å². The van der Waals surface area contributed by atoms with Gasteiger partial charge in [0.15, 0.2) is 0 Å². The van der Waals surface area contributed by atoms with E-state index in [0.717, 1.165) is 35.6 Å². The molecule has 0 radical (unpaired) electrons. The Kier molecular flexibility index (Phi) is 3.85. The lowest BCUT2D eigenvalue weighted by Crippen LogP contribution is -2.30. The van der Waals surface area contributed by atoms with E-state index in [1.165, 1.54) is 19.4 Å². The number of hydrogen-bond acceptors (Lipinski definition) is 3. The lowest BCUT2D eigenvalue weighted by atomic mass is 10.1. The van der Waals surface area contributed by atoms with Crippen LogP contribution < -0.4 is 5.73 Å². The molecule has 0 saturated carbocycles. The normalized spacial score (nSPS) is 21.2. The number of benzene rings is 1. The van der Waals surface area contributed by atoms with Gasteiger partial charge in [-0.05, 0) is 38.1 Å². The second kappa shape index (κ2) is 5.62. The van der Waals surface area contributed by atoms with Gasteiger partial charge in [0.25, 0.3) is 0 Å². The number of imidazole rings is 1. The van der Waals surface area contributed by atoms with Crippen molar-refractivity contribution < 1.29 is 0 Å². The fraction of sp³-hybridized carbons (Fsp3) is 0.533. The molecule has 1 fully saturated rings. The van der Waals surface area contributed by atoms with Crippen molar-refractivity contribution in [2.45, 2.75) is 32.2 Å². The number of aromatic nitrogens is 2. The summed E-state index contributed by atoms with van der Waals surface area (Å²) in [5.41, 5.74) is 8.04. The molecule has 0 bridgehead atoms. The molecule has 108 valence electrons. The number of likely N-dealkylation sites (tertiary alicyclic amines) is 1.